The van der Waals surface area contributed by atoms with Crippen LogP contribution < -0.4 is 5.32 Å². The van der Waals surface area contributed by atoms with Gasteiger partial charge in [-0.05, 0) is 54.3 Å². The van der Waals surface area contributed by atoms with E-state index in [4.69, 9.17) is 11.6 Å². The van der Waals surface area contributed by atoms with Gasteiger partial charge in [0.25, 0.3) is 0 Å². The molecular formula is C15H13ClFNO. The van der Waals surface area contributed by atoms with E-state index in [-0.39, 0.29) is 17.6 Å². The number of hydrogen-bond donors (Lipinski definition) is 2. The zero-order valence-electron chi connectivity index (χ0n) is 10.2. The molecule has 1 aliphatic rings. The van der Waals surface area contributed by atoms with Crippen molar-refractivity contribution in [3.8, 4) is 5.75 Å². The van der Waals surface area contributed by atoms with Crippen LogP contribution in [0, 0.1) is 5.82 Å². The van der Waals surface area contributed by atoms with Crippen molar-refractivity contribution in [2.24, 2.45) is 0 Å². The minimum Gasteiger partial charge on any atom is -0.508 e. The van der Waals surface area contributed by atoms with E-state index < -0.39 is 0 Å². The number of benzene rings is 2. The summed E-state index contributed by atoms with van der Waals surface area (Å²) in [5, 5.41) is 13.1. The topological polar surface area (TPSA) is 32.3 Å². The van der Waals surface area contributed by atoms with Crippen molar-refractivity contribution >= 4 is 17.3 Å². The first kappa shape index (κ1) is 12.3. The summed E-state index contributed by atoms with van der Waals surface area (Å²) >= 11 is 5.88. The van der Waals surface area contributed by atoms with E-state index in [1.165, 1.54) is 12.1 Å². The minimum absolute atomic E-state index is 0.0589. The summed E-state index contributed by atoms with van der Waals surface area (Å²) < 4.78 is 13.7. The Hall–Kier alpha value is -1.74. The number of anilines is 1. The van der Waals surface area contributed by atoms with Gasteiger partial charge in [0.05, 0.1) is 11.7 Å². The lowest BCUT2D eigenvalue weighted by molar-refractivity contribution is 0.474. The predicted molar refractivity (Wildman–Crippen MR) is 74.2 cm³/mol. The van der Waals surface area contributed by atoms with Crippen LogP contribution in [0.2, 0.25) is 5.02 Å². The molecule has 0 saturated heterocycles. The largest absolute Gasteiger partial charge is 0.508 e. The Balaban J connectivity index is 1.88. The van der Waals surface area contributed by atoms with Gasteiger partial charge in [-0.15, -0.1) is 0 Å². The molecule has 0 bridgehead atoms. The molecule has 0 spiro atoms. The van der Waals surface area contributed by atoms with E-state index in [0.717, 1.165) is 24.0 Å². The van der Waals surface area contributed by atoms with E-state index in [0.29, 0.717) is 10.7 Å². The molecule has 1 aliphatic carbocycles. The lowest BCUT2D eigenvalue weighted by Gasteiger charge is -2.16. The molecule has 0 saturated carbocycles. The zero-order valence-corrected chi connectivity index (χ0v) is 10.9. The third kappa shape index (κ3) is 2.38. The lowest BCUT2D eigenvalue weighted by Crippen LogP contribution is -2.08. The standard InChI is InChI=1S/C15H13ClFNO/c16-10-2-5-13(17)15(8-10)18-14-6-1-9-7-11(19)3-4-12(9)14/h2-5,7-8,14,18-19H,1,6H2. The first-order valence-electron chi connectivity index (χ1n) is 6.17. The maximum absolute atomic E-state index is 13.7. The summed E-state index contributed by atoms with van der Waals surface area (Å²) in [7, 11) is 0. The molecular weight excluding hydrogens is 265 g/mol. The van der Waals surface area contributed by atoms with Gasteiger partial charge in [-0.3, -0.25) is 0 Å². The summed E-state index contributed by atoms with van der Waals surface area (Å²) in [5.41, 5.74) is 2.63. The SMILES string of the molecule is Oc1ccc2c(c1)CCC2Nc1cc(Cl)ccc1F. The summed E-state index contributed by atoms with van der Waals surface area (Å²) in [6.07, 6.45) is 1.76. The Bertz CT molecular complexity index is 630. The average molecular weight is 278 g/mol. The third-order valence-electron chi connectivity index (χ3n) is 3.46. The summed E-state index contributed by atoms with van der Waals surface area (Å²) in [6, 6.07) is 9.86. The molecule has 19 heavy (non-hydrogen) atoms. The second-order valence-electron chi connectivity index (χ2n) is 4.74. The highest BCUT2D eigenvalue weighted by atomic mass is 35.5. The van der Waals surface area contributed by atoms with Crippen LogP contribution >= 0.6 is 11.6 Å². The van der Waals surface area contributed by atoms with Crippen LogP contribution in [0.1, 0.15) is 23.6 Å². The number of aryl methyl sites for hydroxylation is 1. The summed E-state index contributed by atoms with van der Waals surface area (Å²) in [4.78, 5) is 0. The third-order valence-corrected chi connectivity index (χ3v) is 3.70. The van der Waals surface area contributed by atoms with Crippen LogP contribution in [0.4, 0.5) is 10.1 Å². The van der Waals surface area contributed by atoms with Crippen LogP contribution in [-0.4, -0.2) is 5.11 Å². The molecule has 1 atom stereocenters. The number of halogens is 2. The van der Waals surface area contributed by atoms with E-state index in [1.54, 1.807) is 18.2 Å². The van der Waals surface area contributed by atoms with Gasteiger partial charge < -0.3 is 10.4 Å². The fraction of sp³-hybridized carbons (Fsp3) is 0.200. The number of phenols is 1. The summed E-state index contributed by atoms with van der Waals surface area (Å²) in [6.45, 7) is 0. The van der Waals surface area contributed by atoms with Crippen LogP contribution in [0.15, 0.2) is 36.4 Å². The Morgan fingerprint density at radius 3 is 2.89 bits per heavy atom. The molecule has 98 valence electrons. The first-order chi connectivity index (χ1) is 9.13. The van der Waals surface area contributed by atoms with Crippen molar-refractivity contribution in [3.05, 3.63) is 58.4 Å². The maximum Gasteiger partial charge on any atom is 0.146 e. The maximum atomic E-state index is 13.7. The molecule has 2 nitrogen and oxygen atoms in total. The number of rotatable bonds is 2. The molecule has 0 aromatic heterocycles. The Morgan fingerprint density at radius 1 is 1.21 bits per heavy atom. The molecule has 4 heteroatoms. The van der Waals surface area contributed by atoms with Crippen molar-refractivity contribution in [2.75, 3.05) is 5.32 Å². The number of fused-ring (bicyclic) bond motifs is 1. The van der Waals surface area contributed by atoms with E-state index in [1.807, 2.05) is 6.07 Å². The van der Waals surface area contributed by atoms with Gasteiger partial charge in [0, 0.05) is 5.02 Å². The van der Waals surface area contributed by atoms with Crippen LogP contribution in [0.25, 0.3) is 0 Å². The molecule has 0 heterocycles. The molecule has 0 aliphatic heterocycles. The highest BCUT2D eigenvalue weighted by Gasteiger charge is 2.23. The monoisotopic (exact) mass is 277 g/mol. The van der Waals surface area contributed by atoms with Crippen molar-refractivity contribution in [2.45, 2.75) is 18.9 Å². The Kier molecular flexibility index (Phi) is 3.07. The first-order valence-corrected chi connectivity index (χ1v) is 6.54. The van der Waals surface area contributed by atoms with Crippen LogP contribution in [-0.2, 0) is 6.42 Å². The van der Waals surface area contributed by atoms with Crippen LogP contribution in [0.3, 0.4) is 0 Å². The van der Waals surface area contributed by atoms with Crippen molar-refractivity contribution in [3.63, 3.8) is 0 Å². The van der Waals surface area contributed by atoms with Crippen molar-refractivity contribution < 1.29 is 9.50 Å². The van der Waals surface area contributed by atoms with Gasteiger partial charge >= 0.3 is 0 Å². The smallest absolute Gasteiger partial charge is 0.146 e. The van der Waals surface area contributed by atoms with Gasteiger partial charge in [0.1, 0.15) is 11.6 Å². The number of phenolic OH excluding ortho intramolecular Hbond substituents is 1. The number of hydrogen-bond acceptors (Lipinski definition) is 2. The number of nitrogens with one attached hydrogen (secondary N) is 1. The molecule has 2 N–H and O–H groups in total. The summed E-state index contributed by atoms with van der Waals surface area (Å²) in [5.74, 6) is -0.0371. The minimum atomic E-state index is -0.309. The molecule has 2 aromatic rings. The molecule has 3 rings (SSSR count). The molecule has 0 amide bonds. The Labute approximate surface area is 115 Å². The quantitative estimate of drug-likeness (QED) is 0.858. The second-order valence-corrected chi connectivity index (χ2v) is 5.18. The predicted octanol–water partition coefficient (Wildman–Crippen LogP) is 4.28. The van der Waals surface area contributed by atoms with Gasteiger partial charge in [-0.25, -0.2) is 4.39 Å². The van der Waals surface area contributed by atoms with Gasteiger partial charge in [0.15, 0.2) is 0 Å². The lowest BCUT2D eigenvalue weighted by atomic mass is 10.1. The van der Waals surface area contributed by atoms with Crippen LogP contribution in [0.5, 0.6) is 5.75 Å². The average Bonchev–Trinajstić information content (AvgIpc) is 2.76. The van der Waals surface area contributed by atoms with E-state index in [9.17, 15) is 9.50 Å². The van der Waals surface area contributed by atoms with E-state index in [2.05, 4.69) is 5.32 Å². The van der Waals surface area contributed by atoms with Crippen molar-refractivity contribution in [1.29, 1.82) is 0 Å². The zero-order chi connectivity index (χ0) is 13.4. The number of aromatic hydroxyl groups is 1. The van der Waals surface area contributed by atoms with Crippen molar-refractivity contribution in [1.82, 2.24) is 0 Å². The van der Waals surface area contributed by atoms with Gasteiger partial charge in [-0.1, -0.05) is 17.7 Å². The molecule has 0 fully saturated rings. The van der Waals surface area contributed by atoms with Gasteiger partial charge in [-0.2, -0.15) is 0 Å². The highest BCUT2D eigenvalue weighted by Crippen LogP contribution is 2.36. The second kappa shape index (κ2) is 4.74. The molecule has 2 aromatic carbocycles. The molecule has 0 radical (unpaired) electrons. The fourth-order valence-corrected chi connectivity index (χ4v) is 2.72. The Morgan fingerprint density at radius 2 is 2.05 bits per heavy atom. The van der Waals surface area contributed by atoms with E-state index >= 15 is 0 Å². The normalized spacial score (nSPS) is 17.3. The highest BCUT2D eigenvalue weighted by molar-refractivity contribution is 6.30. The van der Waals surface area contributed by atoms with Gasteiger partial charge in [0.2, 0.25) is 0 Å². The fourth-order valence-electron chi connectivity index (χ4n) is 2.55. The molecule has 1 unspecified atom stereocenters.